The van der Waals surface area contributed by atoms with Crippen molar-refractivity contribution >= 4 is 23.3 Å². The van der Waals surface area contributed by atoms with Gasteiger partial charge in [0.25, 0.3) is 0 Å². The van der Waals surface area contributed by atoms with E-state index in [1.807, 2.05) is 15.7 Å². The van der Waals surface area contributed by atoms with Crippen molar-refractivity contribution in [3.05, 3.63) is 25.0 Å². The SMILES string of the molecule is Nc1c(NCCCn2ccnc2)ncnc1N1CCC(C(=O)O)CC1. The molecule has 2 aromatic rings. The van der Waals surface area contributed by atoms with Crippen LogP contribution < -0.4 is 16.0 Å². The standard InChI is InChI=1S/C16H23N7O2/c17-13-14(19-4-1-6-22-9-5-18-11-22)20-10-21-15(13)23-7-2-12(3-8-23)16(24)25/h5,9-12H,1-4,6-8,17H2,(H,24,25)(H,19,20,21). The van der Waals surface area contributed by atoms with Gasteiger partial charge in [0, 0.05) is 38.6 Å². The topological polar surface area (TPSA) is 122 Å². The molecule has 134 valence electrons. The Hall–Kier alpha value is -2.84. The zero-order valence-electron chi connectivity index (χ0n) is 14.0. The van der Waals surface area contributed by atoms with Gasteiger partial charge in [-0.25, -0.2) is 15.0 Å². The quantitative estimate of drug-likeness (QED) is 0.637. The van der Waals surface area contributed by atoms with Crippen molar-refractivity contribution in [2.24, 2.45) is 5.92 Å². The van der Waals surface area contributed by atoms with E-state index in [1.54, 1.807) is 12.5 Å². The van der Waals surface area contributed by atoms with Crippen LogP contribution in [0.2, 0.25) is 0 Å². The van der Waals surface area contributed by atoms with Gasteiger partial charge in [-0.2, -0.15) is 0 Å². The van der Waals surface area contributed by atoms with Gasteiger partial charge in [0.1, 0.15) is 12.0 Å². The van der Waals surface area contributed by atoms with Crippen molar-refractivity contribution in [3.8, 4) is 0 Å². The predicted molar refractivity (Wildman–Crippen MR) is 94.4 cm³/mol. The molecule has 9 heteroatoms. The van der Waals surface area contributed by atoms with E-state index in [0.29, 0.717) is 43.3 Å². The summed E-state index contributed by atoms with van der Waals surface area (Å²) in [5.41, 5.74) is 6.74. The summed E-state index contributed by atoms with van der Waals surface area (Å²) in [7, 11) is 0. The Bertz CT molecular complexity index is 697. The molecule has 0 bridgehead atoms. The van der Waals surface area contributed by atoms with E-state index in [2.05, 4.69) is 20.3 Å². The number of anilines is 3. The van der Waals surface area contributed by atoms with Crippen LogP contribution in [0, 0.1) is 5.92 Å². The van der Waals surface area contributed by atoms with E-state index in [4.69, 9.17) is 10.8 Å². The lowest BCUT2D eigenvalue weighted by Gasteiger charge is -2.31. The number of carbonyl (C=O) groups is 1. The molecule has 0 aliphatic carbocycles. The van der Waals surface area contributed by atoms with E-state index in [-0.39, 0.29) is 5.92 Å². The number of aromatic nitrogens is 4. The fraction of sp³-hybridized carbons (Fsp3) is 0.500. The van der Waals surface area contributed by atoms with Crippen LogP contribution in [0.25, 0.3) is 0 Å². The van der Waals surface area contributed by atoms with Gasteiger partial charge in [0.15, 0.2) is 11.6 Å². The summed E-state index contributed by atoms with van der Waals surface area (Å²) < 4.78 is 2.02. The molecule has 0 unspecified atom stereocenters. The first-order valence-corrected chi connectivity index (χ1v) is 8.43. The molecule has 0 spiro atoms. The maximum atomic E-state index is 11.1. The molecule has 0 aromatic carbocycles. The van der Waals surface area contributed by atoms with Crippen molar-refractivity contribution in [3.63, 3.8) is 0 Å². The van der Waals surface area contributed by atoms with Gasteiger partial charge in [0.05, 0.1) is 12.2 Å². The summed E-state index contributed by atoms with van der Waals surface area (Å²) in [5, 5.41) is 12.3. The van der Waals surface area contributed by atoms with Crippen LogP contribution in [0.4, 0.5) is 17.3 Å². The van der Waals surface area contributed by atoms with E-state index in [9.17, 15) is 4.79 Å². The van der Waals surface area contributed by atoms with E-state index in [1.165, 1.54) is 6.33 Å². The summed E-state index contributed by atoms with van der Waals surface area (Å²) in [4.78, 5) is 25.6. The highest BCUT2D eigenvalue weighted by atomic mass is 16.4. The number of piperidine rings is 1. The summed E-state index contributed by atoms with van der Waals surface area (Å²) in [5.74, 6) is 0.294. The Balaban J connectivity index is 1.55. The highest BCUT2D eigenvalue weighted by Gasteiger charge is 2.26. The van der Waals surface area contributed by atoms with Crippen LogP contribution >= 0.6 is 0 Å². The van der Waals surface area contributed by atoms with Crippen molar-refractivity contribution in [1.82, 2.24) is 19.5 Å². The van der Waals surface area contributed by atoms with Gasteiger partial charge >= 0.3 is 5.97 Å². The van der Waals surface area contributed by atoms with Gasteiger partial charge in [-0.05, 0) is 19.3 Å². The summed E-state index contributed by atoms with van der Waals surface area (Å²) in [6, 6.07) is 0. The predicted octanol–water partition coefficient (Wildman–Crippen LogP) is 1.06. The molecule has 1 aliphatic heterocycles. The second-order valence-corrected chi connectivity index (χ2v) is 6.14. The molecule has 1 aliphatic rings. The van der Waals surface area contributed by atoms with Crippen LogP contribution in [-0.4, -0.2) is 50.2 Å². The minimum atomic E-state index is -0.726. The Morgan fingerprint density at radius 2 is 2.16 bits per heavy atom. The third-order valence-electron chi connectivity index (χ3n) is 4.45. The number of nitrogens with one attached hydrogen (secondary N) is 1. The first-order chi connectivity index (χ1) is 12.1. The normalized spacial score (nSPS) is 15.3. The number of rotatable bonds is 7. The molecule has 4 N–H and O–H groups in total. The number of aliphatic carboxylic acids is 1. The van der Waals surface area contributed by atoms with Crippen LogP contribution in [0.3, 0.4) is 0 Å². The largest absolute Gasteiger partial charge is 0.481 e. The number of nitrogens with zero attached hydrogens (tertiary/aromatic N) is 5. The maximum absolute atomic E-state index is 11.1. The number of carboxylic acids is 1. The average molecular weight is 345 g/mol. The van der Waals surface area contributed by atoms with Gasteiger partial charge in [-0.3, -0.25) is 4.79 Å². The Labute approximate surface area is 145 Å². The monoisotopic (exact) mass is 345 g/mol. The van der Waals surface area contributed by atoms with Crippen molar-refractivity contribution < 1.29 is 9.90 Å². The van der Waals surface area contributed by atoms with Crippen LogP contribution in [0.1, 0.15) is 19.3 Å². The third-order valence-corrected chi connectivity index (χ3v) is 4.45. The number of hydrogen-bond acceptors (Lipinski definition) is 7. The Morgan fingerprint density at radius 3 is 2.84 bits per heavy atom. The average Bonchev–Trinajstić information content (AvgIpc) is 3.13. The molecule has 0 saturated carbocycles. The van der Waals surface area contributed by atoms with Gasteiger partial charge in [0.2, 0.25) is 0 Å². The number of hydrogen-bond donors (Lipinski definition) is 3. The van der Waals surface area contributed by atoms with Gasteiger partial charge in [-0.1, -0.05) is 0 Å². The van der Waals surface area contributed by atoms with E-state index in [0.717, 1.165) is 19.5 Å². The lowest BCUT2D eigenvalue weighted by molar-refractivity contribution is -0.142. The van der Waals surface area contributed by atoms with Crippen molar-refractivity contribution in [1.29, 1.82) is 0 Å². The molecular formula is C16H23N7O2. The van der Waals surface area contributed by atoms with E-state index < -0.39 is 5.97 Å². The molecular weight excluding hydrogens is 322 g/mol. The Morgan fingerprint density at radius 1 is 1.36 bits per heavy atom. The van der Waals surface area contributed by atoms with Gasteiger partial charge in [-0.15, -0.1) is 0 Å². The highest BCUT2D eigenvalue weighted by molar-refractivity contribution is 5.75. The zero-order valence-corrected chi connectivity index (χ0v) is 14.0. The lowest BCUT2D eigenvalue weighted by Crippen LogP contribution is -2.37. The summed E-state index contributed by atoms with van der Waals surface area (Å²) in [6.07, 6.45) is 9.09. The molecule has 3 rings (SSSR count). The number of imidazole rings is 1. The highest BCUT2D eigenvalue weighted by Crippen LogP contribution is 2.29. The fourth-order valence-corrected chi connectivity index (χ4v) is 3.00. The number of aryl methyl sites for hydroxylation is 1. The lowest BCUT2D eigenvalue weighted by atomic mass is 9.97. The molecule has 25 heavy (non-hydrogen) atoms. The molecule has 9 nitrogen and oxygen atoms in total. The third kappa shape index (κ3) is 4.17. The molecule has 0 amide bonds. The molecule has 1 fully saturated rings. The minimum Gasteiger partial charge on any atom is -0.481 e. The first-order valence-electron chi connectivity index (χ1n) is 8.43. The second-order valence-electron chi connectivity index (χ2n) is 6.14. The smallest absolute Gasteiger partial charge is 0.306 e. The molecule has 2 aromatic heterocycles. The molecule has 1 saturated heterocycles. The minimum absolute atomic E-state index is 0.278. The Kier molecular flexibility index (Phi) is 5.32. The van der Waals surface area contributed by atoms with E-state index >= 15 is 0 Å². The summed E-state index contributed by atoms with van der Waals surface area (Å²) >= 11 is 0. The molecule has 3 heterocycles. The van der Waals surface area contributed by atoms with Crippen LogP contribution in [0.15, 0.2) is 25.0 Å². The van der Waals surface area contributed by atoms with Crippen molar-refractivity contribution in [2.45, 2.75) is 25.8 Å². The zero-order chi connectivity index (χ0) is 17.6. The number of nitrogens with two attached hydrogens (primary N) is 1. The molecule has 0 atom stereocenters. The first kappa shape index (κ1) is 17.0. The van der Waals surface area contributed by atoms with Crippen LogP contribution in [-0.2, 0) is 11.3 Å². The van der Waals surface area contributed by atoms with Gasteiger partial charge < -0.3 is 25.6 Å². The fourth-order valence-electron chi connectivity index (χ4n) is 3.00. The molecule has 0 radical (unpaired) electrons. The second kappa shape index (κ2) is 7.82. The summed E-state index contributed by atoms with van der Waals surface area (Å²) in [6.45, 7) is 2.88. The number of nitrogen functional groups attached to an aromatic ring is 1. The van der Waals surface area contributed by atoms with Crippen molar-refractivity contribution in [2.75, 3.05) is 35.6 Å². The van der Waals surface area contributed by atoms with Crippen LogP contribution in [0.5, 0.6) is 0 Å². The maximum Gasteiger partial charge on any atom is 0.306 e. The number of carboxylic acid groups (broad SMARTS) is 1.